The zero-order valence-corrected chi connectivity index (χ0v) is 37.4. The van der Waals surface area contributed by atoms with E-state index in [4.69, 9.17) is 34.3 Å². The summed E-state index contributed by atoms with van der Waals surface area (Å²) in [7, 11) is -3.66. The molecule has 342 valence electrons. The first-order valence-electron chi connectivity index (χ1n) is 22.6. The van der Waals surface area contributed by atoms with Crippen molar-refractivity contribution in [1.82, 2.24) is 24.9 Å². The topological polar surface area (TPSA) is 222 Å². The number of furan rings is 1. The molecule has 3 heterocycles. The van der Waals surface area contributed by atoms with Crippen molar-refractivity contribution in [2.45, 2.75) is 139 Å². The number of carbonyl (C=O) groups is 4. The Labute approximate surface area is 373 Å². The number of amides is 4. The molecule has 4 aromatic rings. The maximum Gasteiger partial charge on any atom is 0.408 e. The van der Waals surface area contributed by atoms with Gasteiger partial charge in [0.1, 0.15) is 41.1 Å². The number of fused-ring (bicyclic) bond motifs is 3. The van der Waals surface area contributed by atoms with Crippen molar-refractivity contribution in [3.8, 4) is 23.0 Å². The molecule has 5 atom stereocenters. The number of carbonyl (C=O) groups excluding carboxylic acids is 4. The molecule has 0 unspecified atom stereocenters. The predicted molar refractivity (Wildman–Crippen MR) is 238 cm³/mol. The van der Waals surface area contributed by atoms with E-state index in [1.165, 1.54) is 4.90 Å². The Morgan fingerprint density at radius 1 is 0.984 bits per heavy atom. The van der Waals surface area contributed by atoms with Crippen molar-refractivity contribution < 1.29 is 46.2 Å². The number of likely N-dealkylation sites (tertiary alicyclic amines) is 1. The molecule has 3 aliphatic carbocycles. The molecule has 3 saturated carbocycles. The van der Waals surface area contributed by atoms with Crippen molar-refractivity contribution >= 4 is 55.9 Å². The van der Waals surface area contributed by atoms with E-state index in [0.29, 0.717) is 60.4 Å². The number of nitrogens with two attached hydrogens (primary N) is 1. The van der Waals surface area contributed by atoms with Gasteiger partial charge in [0.15, 0.2) is 5.82 Å². The number of unbranched alkanes of at least 4 members (excludes halogenated alkanes) is 3. The Bertz CT molecular complexity index is 2510. The maximum atomic E-state index is 14.4. The lowest BCUT2D eigenvalue weighted by Crippen LogP contribution is -2.53. The van der Waals surface area contributed by atoms with Gasteiger partial charge in [-0.1, -0.05) is 37.1 Å². The van der Waals surface area contributed by atoms with Crippen LogP contribution in [0.5, 0.6) is 11.6 Å². The van der Waals surface area contributed by atoms with Gasteiger partial charge >= 0.3 is 6.09 Å². The van der Waals surface area contributed by atoms with Crippen LogP contribution in [-0.2, 0) is 29.1 Å². The summed E-state index contributed by atoms with van der Waals surface area (Å²) in [6, 6.07) is 12.9. The van der Waals surface area contributed by atoms with Gasteiger partial charge in [-0.05, 0) is 127 Å². The summed E-state index contributed by atoms with van der Waals surface area (Å²) in [6.07, 6.45) is 10.8. The van der Waals surface area contributed by atoms with E-state index in [2.05, 4.69) is 10.0 Å². The molecular weight excluding hydrogens is 841 g/mol. The number of ether oxygens (including phenoxy) is 3. The molecule has 0 bridgehead atoms. The predicted octanol–water partition coefficient (Wildman–Crippen LogP) is 6.84. The molecular formula is C47H58N6O10S. The Balaban J connectivity index is 0.925. The van der Waals surface area contributed by atoms with Crippen molar-refractivity contribution in [1.29, 1.82) is 0 Å². The normalized spacial score (nSPS) is 22.2. The number of benzene rings is 2. The van der Waals surface area contributed by atoms with Crippen molar-refractivity contribution in [3.63, 3.8) is 0 Å². The number of para-hydroxylation sites is 1. The van der Waals surface area contributed by atoms with Crippen LogP contribution >= 0.6 is 0 Å². The van der Waals surface area contributed by atoms with Gasteiger partial charge in [0, 0.05) is 23.3 Å². The van der Waals surface area contributed by atoms with Gasteiger partial charge in [-0.25, -0.2) is 18.2 Å². The highest BCUT2D eigenvalue weighted by Gasteiger charge is 2.52. The first-order valence-corrected chi connectivity index (χ1v) is 24.1. The van der Waals surface area contributed by atoms with Crippen LogP contribution in [0.1, 0.15) is 104 Å². The Hall–Kier alpha value is -5.71. The van der Waals surface area contributed by atoms with E-state index >= 15 is 0 Å². The van der Waals surface area contributed by atoms with Gasteiger partial charge in [0.2, 0.25) is 33.3 Å². The lowest BCUT2D eigenvalue weighted by Gasteiger charge is -2.28. The molecule has 64 heavy (non-hydrogen) atoms. The third kappa shape index (κ3) is 10.3. The number of allylic oxidation sites excluding steroid dienone is 2. The van der Waals surface area contributed by atoms with Crippen molar-refractivity contribution in [3.05, 3.63) is 60.7 Å². The number of rotatable bonds is 19. The second kappa shape index (κ2) is 18.8. The number of primary amides is 1. The molecule has 2 aromatic carbocycles. The van der Waals surface area contributed by atoms with Crippen LogP contribution in [0, 0.1) is 11.8 Å². The third-order valence-electron chi connectivity index (χ3n) is 12.8. The summed E-state index contributed by atoms with van der Waals surface area (Å²) in [5.41, 5.74) is 8.11. The van der Waals surface area contributed by atoms with E-state index < -0.39 is 56.8 Å². The average Bonchev–Trinajstić information content (AvgIpc) is 4.01. The van der Waals surface area contributed by atoms with Crippen LogP contribution in [0.2, 0.25) is 0 Å². The van der Waals surface area contributed by atoms with Gasteiger partial charge in [-0.15, -0.1) is 0 Å². The zero-order valence-electron chi connectivity index (χ0n) is 36.6. The standard InChI is InChI=1S/C47H58N6O10S/c1-28(2)60-32-21-19-29(20-22-32)42-50-39-34-16-11-12-18-38(34)63-40(39)44(51-42)61-33-26-37(41(48)54)53(27-33)45(56)36(49-46(57)62-31-14-9-10-15-31)17-8-6-4-5-7-13-30-25-35(30)43(55)52-64(58,59)47(3)23-24-47/h7,11-13,16,18-22,28,30-31,33,35-37H,4-6,8-10,14-15,17,23-27H2,1-3H3,(H2,48,54)(H,49,57)(H,52,55)/b13-7-/t30-,33-,35+,36+,37+/m1/s1. The SMILES string of the molecule is CC(C)Oc1ccc(-c2nc(O[C@@H]3C[C@@H](C(N)=O)N(C(=O)[C@H](CCCCC/C=C\[C@@H]4C[C@@H]4C(=O)NS(=O)(=O)C4(C)CC4)NC(=O)OC4CCCC4)C3)c3oc4ccccc4c3n2)cc1. The molecule has 16 nitrogen and oxygen atoms in total. The van der Waals surface area contributed by atoms with Gasteiger partial charge in [-0.2, -0.15) is 4.98 Å². The molecule has 1 saturated heterocycles. The highest BCUT2D eigenvalue weighted by molar-refractivity contribution is 7.91. The van der Waals surface area contributed by atoms with Crippen LogP contribution in [0.15, 0.2) is 65.1 Å². The highest BCUT2D eigenvalue weighted by Crippen LogP contribution is 2.44. The Morgan fingerprint density at radius 2 is 1.73 bits per heavy atom. The molecule has 4 amide bonds. The smallest absolute Gasteiger partial charge is 0.408 e. The maximum absolute atomic E-state index is 14.4. The summed E-state index contributed by atoms with van der Waals surface area (Å²) in [6.45, 7) is 5.56. The Morgan fingerprint density at radius 3 is 2.45 bits per heavy atom. The number of hydrogen-bond donors (Lipinski definition) is 3. The van der Waals surface area contributed by atoms with E-state index in [0.717, 1.165) is 55.9 Å². The summed E-state index contributed by atoms with van der Waals surface area (Å²) in [4.78, 5) is 64.2. The Kier molecular flexibility index (Phi) is 13.2. The number of hydrogen-bond acceptors (Lipinski definition) is 12. The minimum Gasteiger partial charge on any atom is -0.491 e. The first-order chi connectivity index (χ1) is 30.7. The van der Waals surface area contributed by atoms with E-state index in [-0.39, 0.29) is 42.9 Å². The van der Waals surface area contributed by atoms with Crippen LogP contribution < -0.4 is 25.2 Å². The monoisotopic (exact) mass is 898 g/mol. The largest absolute Gasteiger partial charge is 0.491 e. The van der Waals surface area contributed by atoms with Crippen LogP contribution in [-0.4, -0.2) is 88.8 Å². The fourth-order valence-electron chi connectivity index (χ4n) is 8.64. The molecule has 2 aromatic heterocycles. The number of nitrogens with one attached hydrogen (secondary N) is 2. The van der Waals surface area contributed by atoms with Crippen molar-refractivity contribution in [2.75, 3.05) is 6.54 Å². The van der Waals surface area contributed by atoms with Crippen molar-refractivity contribution in [2.24, 2.45) is 17.6 Å². The van der Waals surface area contributed by atoms with E-state index in [9.17, 15) is 27.6 Å². The summed E-state index contributed by atoms with van der Waals surface area (Å²) < 4.78 is 50.6. The molecule has 4 N–H and O–H groups in total. The molecule has 4 fully saturated rings. The highest BCUT2D eigenvalue weighted by atomic mass is 32.2. The molecule has 0 radical (unpaired) electrons. The molecule has 0 spiro atoms. The second-order valence-corrected chi connectivity index (χ2v) is 20.4. The molecule has 17 heteroatoms. The fourth-order valence-corrected chi connectivity index (χ4v) is 9.94. The van der Waals surface area contributed by atoms with Crippen LogP contribution in [0.4, 0.5) is 4.79 Å². The minimum atomic E-state index is -3.66. The average molecular weight is 899 g/mol. The first kappa shape index (κ1) is 44.9. The molecule has 4 aliphatic rings. The van der Waals surface area contributed by atoms with Gasteiger partial charge in [0.05, 0.1) is 17.4 Å². The summed E-state index contributed by atoms with van der Waals surface area (Å²) in [5.74, 6) is -0.684. The number of alkyl carbamates (subject to hydrolysis) is 1. The number of sulfonamides is 1. The quantitative estimate of drug-likeness (QED) is 0.0650. The lowest BCUT2D eigenvalue weighted by molar-refractivity contribution is -0.139. The summed E-state index contributed by atoms with van der Waals surface area (Å²) in [5, 5.41) is 3.58. The zero-order chi connectivity index (χ0) is 45.2. The van der Waals surface area contributed by atoms with Gasteiger partial charge < -0.3 is 34.6 Å². The number of aromatic nitrogens is 2. The molecule has 1 aliphatic heterocycles. The third-order valence-corrected chi connectivity index (χ3v) is 14.9. The second-order valence-electron chi connectivity index (χ2n) is 18.2. The van der Waals surface area contributed by atoms with Crippen LogP contribution in [0.3, 0.4) is 0 Å². The fraction of sp³-hybridized carbons (Fsp3) is 0.532. The van der Waals surface area contributed by atoms with Gasteiger partial charge in [0.25, 0.3) is 5.88 Å². The molecule has 8 rings (SSSR count). The lowest BCUT2D eigenvalue weighted by atomic mass is 10.0. The van der Waals surface area contributed by atoms with Gasteiger partial charge in [-0.3, -0.25) is 19.1 Å². The minimum absolute atomic E-state index is 0.000807. The van der Waals surface area contributed by atoms with E-state index in [1.54, 1.807) is 6.92 Å². The summed E-state index contributed by atoms with van der Waals surface area (Å²) >= 11 is 0. The number of nitrogens with zero attached hydrogens (tertiary/aromatic N) is 3. The van der Waals surface area contributed by atoms with E-state index in [1.807, 2.05) is 74.5 Å². The van der Waals surface area contributed by atoms with Crippen LogP contribution in [0.25, 0.3) is 33.5 Å².